The van der Waals surface area contributed by atoms with Crippen molar-refractivity contribution in [3.05, 3.63) is 82.7 Å². The molecule has 1 aromatic heterocycles. The van der Waals surface area contributed by atoms with Gasteiger partial charge < -0.3 is 4.52 Å². The molecule has 4 rings (SSSR count). The summed E-state index contributed by atoms with van der Waals surface area (Å²) in [7, 11) is 0. The van der Waals surface area contributed by atoms with Crippen LogP contribution in [0.25, 0.3) is 0 Å². The maximum atomic E-state index is 5.57. The quantitative estimate of drug-likeness (QED) is 0.656. The highest BCUT2D eigenvalue weighted by Crippen LogP contribution is 2.36. The highest BCUT2D eigenvalue weighted by atomic mass is 16.5. The van der Waals surface area contributed by atoms with Gasteiger partial charge in [-0.25, -0.2) is 4.99 Å². The summed E-state index contributed by atoms with van der Waals surface area (Å²) < 4.78 is 5.57. The maximum Gasteiger partial charge on any atom is 0.163 e. The van der Waals surface area contributed by atoms with Crippen LogP contribution in [-0.4, -0.2) is 10.9 Å². The largest absolute Gasteiger partial charge is 0.359 e. The van der Waals surface area contributed by atoms with E-state index < -0.39 is 0 Å². The minimum Gasteiger partial charge on any atom is -0.359 e. The van der Waals surface area contributed by atoms with Gasteiger partial charge in [-0.1, -0.05) is 65.3 Å². The highest BCUT2D eigenvalue weighted by Gasteiger charge is 2.25. The van der Waals surface area contributed by atoms with Crippen LogP contribution in [0, 0.1) is 13.8 Å². The summed E-state index contributed by atoms with van der Waals surface area (Å²) in [4.78, 5) is 4.92. The molecule has 0 spiro atoms. The standard InChI is InChI=1S/C21H20N2O/c1-14-8-10-16(11-9-14)18-12-19(17-6-4-3-5-7-17)22-21-15(2)23-24-20(21)13-18/h3-11,18H,12-13H2,1-2H3. The molecular formula is C21H20N2O. The van der Waals surface area contributed by atoms with Crippen LogP contribution in [0.15, 0.2) is 64.1 Å². The lowest BCUT2D eigenvalue weighted by Gasteiger charge is -2.16. The van der Waals surface area contributed by atoms with Crippen molar-refractivity contribution in [3.63, 3.8) is 0 Å². The van der Waals surface area contributed by atoms with E-state index in [9.17, 15) is 0 Å². The Kier molecular flexibility index (Phi) is 3.77. The van der Waals surface area contributed by atoms with Crippen LogP contribution < -0.4 is 0 Å². The van der Waals surface area contributed by atoms with E-state index in [4.69, 9.17) is 9.52 Å². The van der Waals surface area contributed by atoms with E-state index in [1.807, 2.05) is 13.0 Å². The van der Waals surface area contributed by atoms with Gasteiger partial charge in [0.25, 0.3) is 0 Å². The Morgan fingerprint density at radius 3 is 2.42 bits per heavy atom. The summed E-state index contributed by atoms with van der Waals surface area (Å²) in [5, 5.41) is 4.13. The minimum atomic E-state index is 0.346. The van der Waals surface area contributed by atoms with E-state index in [0.29, 0.717) is 5.92 Å². The molecule has 1 unspecified atom stereocenters. The van der Waals surface area contributed by atoms with Crippen molar-refractivity contribution in [3.8, 4) is 0 Å². The van der Waals surface area contributed by atoms with Gasteiger partial charge in [-0.2, -0.15) is 0 Å². The monoisotopic (exact) mass is 316 g/mol. The van der Waals surface area contributed by atoms with E-state index in [1.165, 1.54) is 16.7 Å². The smallest absolute Gasteiger partial charge is 0.163 e. The molecule has 0 bridgehead atoms. The molecule has 2 heterocycles. The molecule has 1 aliphatic heterocycles. The fraction of sp³-hybridized carbons (Fsp3) is 0.238. The van der Waals surface area contributed by atoms with Crippen molar-refractivity contribution in [1.82, 2.24) is 5.16 Å². The van der Waals surface area contributed by atoms with Gasteiger partial charge in [0.1, 0.15) is 11.4 Å². The molecule has 120 valence electrons. The van der Waals surface area contributed by atoms with Crippen molar-refractivity contribution in [1.29, 1.82) is 0 Å². The van der Waals surface area contributed by atoms with Crippen molar-refractivity contribution >= 4 is 11.4 Å². The summed E-state index contributed by atoms with van der Waals surface area (Å²) in [5.41, 5.74) is 6.65. The Morgan fingerprint density at radius 2 is 1.67 bits per heavy atom. The number of benzene rings is 2. The average molecular weight is 316 g/mol. The SMILES string of the molecule is Cc1ccc(C2CC(c3ccccc3)=Nc3c(C)noc3C2)cc1. The van der Waals surface area contributed by atoms with Crippen molar-refractivity contribution in [2.24, 2.45) is 4.99 Å². The van der Waals surface area contributed by atoms with Crippen LogP contribution in [-0.2, 0) is 6.42 Å². The van der Waals surface area contributed by atoms with E-state index in [1.54, 1.807) is 0 Å². The molecule has 24 heavy (non-hydrogen) atoms. The number of rotatable bonds is 2. The first-order chi connectivity index (χ1) is 11.7. The highest BCUT2D eigenvalue weighted by molar-refractivity contribution is 6.03. The average Bonchev–Trinajstić information content (AvgIpc) is 2.84. The van der Waals surface area contributed by atoms with Crippen LogP contribution in [0.4, 0.5) is 5.69 Å². The maximum absolute atomic E-state index is 5.57. The first-order valence-electron chi connectivity index (χ1n) is 8.35. The van der Waals surface area contributed by atoms with E-state index in [0.717, 1.165) is 35.7 Å². The van der Waals surface area contributed by atoms with Gasteiger partial charge in [0, 0.05) is 12.1 Å². The van der Waals surface area contributed by atoms with Crippen molar-refractivity contribution in [2.75, 3.05) is 0 Å². The number of nitrogens with zero attached hydrogens (tertiary/aromatic N) is 2. The van der Waals surface area contributed by atoms with Crippen LogP contribution >= 0.6 is 0 Å². The molecule has 0 fully saturated rings. The molecule has 0 radical (unpaired) electrons. The second-order valence-corrected chi connectivity index (χ2v) is 6.48. The summed E-state index contributed by atoms with van der Waals surface area (Å²) in [5.74, 6) is 1.24. The Morgan fingerprint density at radius 1 is 0.917 bits per heavy atom. The summed E-state index contributed by atoms with van der Waals surface area (Å²) in [6.07, 6.45) is 1.73. The van der Waals surface area contributed by atoms with E-state index >= 15 is 0 Å². The molecule has 0 amide bonds. The van der Waals surface area contributed by atoms with Crippen LogP contribution in [0.5, 0.6) is 0 Å². The summed E-state index contributed by atoms with van der Waals surface area (Å²) in [6.45, 7) is 4.08. The molecular weight excluding hydrogens is 296 g/mol. The number of hydrogen-bond acceptors (Lipinski definition) is 3. The van der Waals surface area contributed by atoms with Gasteiger partial charge in [0.15, 0.2) is 5.76 Å². The van der Waals surface area contributed by atoms with E-state index in [-0.39, 0.29) is 0 Å². The molecule has 0 saturated heterocycles. The summed E-state index contributed by atoms with van der Waals surface area (Å²) in [6, 6.07) is 19.2. The third-order valence-electron chi connectivity index (χ3n) is 4.67. The molecule has 3 aromatic rings. The van der Waals surface area contributed by atoms with E-state index in [2.05, 4.69) is 60.6 Å². The molecule has 0 aliphatic carbocycles. The van der Waals surface area contributed by atoms with Gasteiger partial charge in [-0.05, 0) is 37.3 Å². The van der Waals surface area contributed by atoms with Crippen LogP contribution in [0.1, 0.15) is 40.5 Å². The third-order valence-corrected chi connectivity index (χ3v) is 4.67. The molecule has 1 atom stereocenters. The lowest BCUT2D eigenvalue weighted by atomic mass is 9.88. The van der Waals surface area contributed by atoms with Crippen LogP contribution in [0.3, 0.4) is 0 Å². The van der Waals surface area contributed by atoms with Gasteiger partial charge in [0.2, 0.25) is 0 Å². The van der Waals surface area contributed by atoms with Crippen LogP contribution in [0.2, 0.25) is 0 Å². The van der Waals surface area contributed by atoms with Gasteiger partial charge in [0.05, 0.1) is 0 Å². The van der Waals surface area contributed by atoms with Gasteiger partial charge >= 0.3 is 0 Å². The lowest BCUT2D eigenvalue weighted by molar-refractivity contribution is 0.373. The zero-order valence-corrected chi connectivity index (χ0v) is 14.0. The number of aliphatic imine (C=N–C) groups is 1. The molecule has 0 N–H and O–H groups in total. The summed E-state index contributed by atoms with van der Waals surface area (Å²) >= 11 is 0. The van der Waals surface area contributed by atoms with Crippen molar-refractivity contribution < 1.29 is 4.52 Å². The third kappa shape index (κ3) is 2.78. The van der Waals surface area contributed by atoms with Gasteiger partial charge in [-0.3, -0.25) is 0 Å². The van der Waals surface area contributed by atoms with Gasteiger partial charge in [-0.15, -0.1) is 0 Å². The topological polar surface area (TPSA) is 38.4 Å². The zero-order valence-electron chi connectivity index (χ0n) is 14.0. The first kappa shape index (κ1) is 14.9. The number of aromatic nitrogens is 1. The Bertz CT molecular complexity index is 876. The minimum absolute atomic E-state index is 0.346. The Hall–Kier alpha value is -2.68. The Labute approximate surface area is 142 Å². The fourth-order valence-electron chi connectivity index (χ4n) is 3.29. The molecule has 1 aliphatic rings. The fourth-order valence-corrected chi connectivity index (χ4v) is 3.29. The number of hydrogen-bond donors (Lipinski definition) is 0. The number of aryl methyl sites for hydroxylation is 2. The number of fused-ring (bicyclic) bond motifs is 1. The zero-order chi connectivity index (χ0) is 16.5. The normalized spacial score (nSPS) is 17.1. The first-order valence-corrected chi connectivity index (χ1v) is 8.35. The molecule has 3 nitrogen and oxygen atoms in total. The Balaban J connectivity index is 1.80. The lowest BCUT2D eigenvalue weighted by Crippen LogP contribution is -2.09. The predicted molar refractivity (Wildman–Crippen MR) is 96.1 cm³/mol. The predicted octanol–water partition coefficient (Wildman–Crippen LogP) is 5.14. The molecule has 3 heteroatoms. The molecule has 2 aromatic carbocycles. The second-order valence-electron chi connectivity index (χ2n) is 6.48. The van der Waals surface area contributed by atoms with Crippen molar-refractivity contribution in [2.45, 2.75) is 32.6 Å². The second kappa shape index (κ2) is 6.08. The molecule has 0 saturated carbocycles.